The van der Waals surface area contributed by atoms with Gasteiger partial charge in [0.15, 0.2) is 5.96 Å². The number of sulfone groups is 1. The van der Waals surface area contributed by atoms with Crippen LogP contribution >= 0.6 is 0 Å². The Hall–Kier alpha value is -1.77. The molecule has 1 aromatic carbocycles. The van der Waals surface area contributed by atoms with Crippen LogP contribution in [0, 0.1) is 0 Å². The van der Waals surface area contributed by atoms with E-state index in [-0.39, 0.29) is 12.3 Å². The fraction of sp³-hybridized carbons (Fsp3) is 0.500. The molecule has 0 atom stereocenters. The molecular weight excluding hydrogens is 331 g/mol. The molecule has 0 spiro atoms. The van der Waals surface area contributed by atoms with E-state index in [1.807, 2.05) is 0 Å². The first-order chi connectivity index (χ1) is 10.5. The molecule has 0 aromatic heterocycles. The first-order valence-corrected chi connectivity index (χ1v) is 8.84. The molecule has 23 heavy (non-hydrogen) atoms. The number of alkyl halides is 3. The van der Waals surface area contributed by atoms with Gasteiger partial charge in [0, 0.05) is 33.4 Å². The molecule has 1 aromatic rings. The average Bonchev–Trinajstić information content (AvgIpc) is 2.42. The van der Waals surface area contributed by atoms with E-state index in [4.69, 9.17) is 0 Å². The summed E-state index contributed by atoms with van der Waals surface area (Å²) in [6.07, 6.45) is -3.21. The fourth-order valence-corrected chi connectivity index (χ4v) is 2.35. The van der Waals surface area contributed by atoms with E-state index in [0.717, 1.165) is 18.4 Å². The summed E-state index contributed by atoms with van der Waals surface area (Å²) in [6, 6.07) is 4.87. The van der Waals surface area contributed by atoms with Gasteiger partial charge in [-0.15, -0.1) is 0 Å². The van der Waals surface area contributed by atoms with Crippen LogP contribution in [0.2, 0.25) is 0 Å². The van der Waals surface area contributed by atoms with Crippen LogP contribution in [0.4, 0.5) is 13.2 Å². The molecule has 0 fully saturated rings. The van der Waals surface area contributed by atoms with Crippen molar-refractivity contribution < 1.29 is 21.6 Å². The number of rotatable bonds is 5. The normalized spacial score (nSPS) is 13.0. The third-order valence-corrected chi connectivity index (χ3v) is 3.98. The molecule has 5 nitrogen and oxygen atoms in total. The maximum absolute atomic E-state index is 12.5. The van der Waals surface area contributed by atoms with E-state index in [9.17, 15) is 21.6 Å². The largest absolute Gasteiger partial charge is 0.416 e. The van der Waals surface area contributed by atoms with Crippen LogP contribution in [0.5, 0.6) is 0 Å². The molecular formula is C14H20F3N3O2S. The SMILES string of the molecule is CN=C(NCCS(C)(=O)=O)N(C)Cc1ccc(C(F)(F)F)cc1. The van der Waals surface area contributed by atoms with Crippen molar-refractivity contribution in [3.8, 4) is 0 Å². The maximum Gasteiger partial charge on any atom is 0.416 e. The predicted molar refractivity (Wildman–Crippen MR) is 84.0 cm³/mol. The van der Waals surface area contributed by atoms with Gasteiger partial charge in [-0.3, -0.25) is 4.99 Å². The Labute approximate surface area is 134 Å². The zero-order chi connectivity index (χ0) is 17.7. The summed E-state index contributed by atoms with van der Waals surface area (Å²) in [7, 11) is 0.189. The molecule has 1 rings (SSSR count). The van der Waals surface area contributed by atoms with Gasteiger partial charge < -0.3 is 10.2 Å². The molecule has 0 bridgehead atoms. The summed E-state index contributed by atoms with van der Waals surface area (Å²) < 4.78 is 59.7. The van der Waals surface area contributed by atoms with E-state index < -0.39 is 21.6 Å². The number of halogens is 3. The van der Waals surface area contributed by atoms with Crippen LogP contribution in [-0.4, -0.2) is 51.9 Å². The van der Waals surface area contributed by atoms with Gasteiger partial charge in [0.05, 0.1) is 11.3 Å². The van der Waals surface area contributed by atoms with Crippen molar-refractivity contribution in [3.63, 3.8) is 0 Å². The summed E-state index contributed by atoms with van der Waals surface area (Å²) in [4.78, 5) is 5.72. The quantitative estimate of drug-likeness (QED) is 0.649. The molecule has 0 aliphatic carbocycles. The van der Waals surface area contributed by atoms with Crippen molar-refractivity contribution in [2.45, 2.75) is 12.7 Å². The van der Waals surface area contributed by atoms with Crippen molar-refractivity contribution in [3.05, 3.63) is 35.4 Å². The van der Waals surface area contributed by atoms with Crippen LogP contribution in [-0.2, 0) is 22.6 Å². The zero-order valence-corrected chi connectivity index (χ0v) is 14.0. The van der Waals surface area contributed by atoms with Crippen molar-refractivity contribution in [1.29, 1.82) is 0 Å². The molecule has 1 N–H and O–H groups in total. The minimum absolute atomic E-state index is 0.0276. The highest BCUT2D eigenvalue weighted by atomic mass is 32.2. The van der Waals surface area contributed by atoms with Crippen LogP contribution in [0.25, 0.3) is 0 Å². The fourth-order valence-electron chi connectivity index (χ4n) is 1.88. The van der Waals surface area contributed by atoms with Gasteiger partial charge >= 0.3 is 6.18 Å². The minimum Gasteiger partial charge on any atom is -0.355 e. The molecule has 0 radical (unpaired) electrons. The standard InChI is InChI=1S/C14H20F3N3O2S/c1-18-13(19-8-9-23(3,21)22)20(2)10-11-4-6-12(7-5-11)14(15,16)17/h4-7H,8-10H2,1-3H3,(H,18,19). The Kier molecular flexibility index (Phi) is 6.43. The van der Waals surface area contributed by atoms with Crippen LogP contribution < -0.4 is 5.32 Å². The van der Waals surface area contributed by atoms with Gasteiger partial charge in [-0.25, -0.2) is 8.42 Å². The molecule has 0 amide bonds. The van der Waals surface area contributed by atoms with Gasteiger partial charge in [0.25, 0.3) is 0 Å². The Morgan fingerprint density at radius 1 is 1.26 bits per heavy atom. The molecule has 0 saturated heterocycles. The third-order valence-electron chi connectivity index (χ3n) is 3.03. The van der Waals surface area contributed by atoms with E-state index in [0.29, 0.717) is 18.1 Å². The van der Waals surface area contributed by atoms with Crippen molar-refractivity contribution >= 4 is 15.8 Å². The highest BCUT2D eigenvalue weighted by Gasteiger charge is 2.29. The lowest BCUT2D eigenvalue weighted by Crippen LogP contribution is -2.40. The molecule has 0 unspecified atom stereocenters. The van der Waals surface area contributed by atoms with Crippen LogP contribution in [0.1, 0.15) is 11.1 Å². The van der Waals surface area contributed by atoms with Crippen molar-refractivity contribution in [1.82, 2.24) is 10.2 Å². The topological polar surface area (TPSA) is 61.8 Å². The van der Waals surface area contributed by atoms with Gasteiger partial charge in [-0.05, 0) is 17.7 Å². The average molecular weight is 351 g/mol. The van der Waals surface area contributed by atoms with E-state index >= 15 is 0 Å². The molecule has 0 aliphatic rings. The number of guanidine groups is 1. The Bertz CT molecular complexity index is 640. The van der Waals surface area contributed by atoms with E-state index in [2.05, 4.69) is 10.3 Å². The van der Waals surface area contributed by atoms with Gasteiger partial charge in [0.1, 0.15) is 9.84 Å². The van der Waals surface area contributed by atoms with E-state index in [1.54, 1.807) is 19.0 Å². The molecule has 0 saturated carbocycles. The first-order valence-electron chi connectivity index (χ1n) is 6.78. The summed E-state index contributed by atoms with van der Waals surface area (Å²) in [5.74, 6) is 0.439. The zero-order valence-electron chi connectivity index (χ0n) is 13.2. The summed E-state index contributed by atoms with van der Waals surface area (Å²) in [5.41, 5.74) is -0.00822. The van der Waals surface area contributed by atoms with Gasteiger partial charge in [0.2, 0.25) is 0 Å². The second-order valence-corrected chi connectivity index (χ2v) is 7.41. The number of nitrogens with one attached hydrogen (secondary N) is 1. The molecule has 130 valence electrons. The number of hydrogen-bond acceptors (Lipinski definition) is 3. The van der Waals surface area contributed by atoms with Crippen molar-refractivity contribution in [2.75, 3.05) is 32.6 Å². The molecule has 0 aliphatic heterocycles. The summed E-state index contributed by atoms with van der Waals surface area (Å²) in [5, 5.41) is 2.90. The lowest BCUT2D eigenvalue weighted by atomic mass is 10.1. The highest BCUT2D eigenvalue weighted by molar-refractivity contribution is 7.90. The highest BCUT2D eigenvalue weighted by Crippen LogP contribution is 2.29. The number of aliphatic imine (C=N–C) groups is 1. The van der Waals surface area contributed by atoms with Crippen LogP contribution in [0.15, 0.2) is 29.3 Å². The third kappa shape index (κ3) is 6.89. The molecule has 9 heteroatoms. The summed E-state index contributed by atoms with van der Waals surface area (Å²) in [6.45, 7) is 0.555. The number of nitrogens with zero attached hydrogens (tertiary/aromatic N) is 2. The molecule has 0 heterocycles. The second kappa shape index (κ2) is 7.67. The lowest BCUT2D eigenvalue weighted by Gasteiger charge is -2.22. The Morgan fingerprint density at radius 3 is 2.26 bits per heavy atom. The lowest BCUT2D eigenvalue weighted by molar-refractivity contribution is -0.137. The summed E-state index contributed by atoms with van der Waals surface area (Å²) >= 11 is 0. The number of benzene rings is 1. The second-order valence-electron chi connectivity index (χ2n) is 5.15. The number of hydrogen-bond donors (Lipinski definition) is 1. The predicted octanol–water partition coefficient (Wildman–Crippen LogP) is 1.76. The van der Waals surface area contributed by atoms with Gasteiger partial charge in [-0.2, -0.15) is 13.2 Å². The first kappa shape index (κ1) is 19.3. The van der Waals surface area contributed by atoms with Crippen LogP contribution in [0.3, 0.4) is 0 Å². The minimum atomic E-state index is -4.35. The maximum atomic E-state index is 12.5. The smallest absolute Gasteiger partial charge is 0.355 e. The van der Waals surface area contributed by atoms with E-state index in [1.165, 1.54) is 12.1 Å². The monoisotopic (exact) mass is 351 g/mol. The van der Waals surface area contributed by atoms with Crippen molar-refractivity contribution in [2.24, 2.45) is 4.99 Å². The Balaban J connectivity index is 2.64. The Morgan fingerprint density at radius 2 is 1.83 bits per heavy atom. The van der Waals surface area contributed by atoms with Gasteiger partial charge in [-0.1, -0.05) is 12.1 Å².